The molecule has 2 atom stereocenters. The minimum atomic E-state index is 0.219. The Morgan fingerprint density at radius 2 is 2.05 bits per heavy atom. The third-order valence-corrected chi connectivity index (χ3v) is 4.53. The van der Waals surface area contributed by atoms with Crippen molar-refractivity contribution in [3.63, 3.8) is 0 Å². The number of benzene rings is 1. The molecule has 2 aliphatic rings. The zero-order valence-electron chi connectivity index (χ0n) is 11.3. The Morgan fingerprint density at radius 3 is 3.00 bits per heavy atom. The van der Waals surface area contributed by atoms with Crippen LogP contribution >= 0.6 is 11.6 Å². The molecule has 0 spiro atoms. The highest BCUT2D eigenvalue weighted by Crippen LogP contribution is 2.34. The number of alkyl halides is 1. The average molecular weight is 277 g/mol. The highest BCUT2D eigenvalue weighted by atomic mass is 35.5. The normalized spacial score (nSPS) is 27.3. The number of rotatable bonds is 2. The van der Waals surface area contributed by atoms with Crippen molar-refractivity contribution >= 4 is 11.6 Å². The van der Waals surface area contributed by atoms with Gasteiger partial charge in [0.15, 0.2) is 0 Å². The Labute approximate surface area is 120 Å². The van der Waals surface area contributed by atoms with Gasteiger partial charge in [0, 0.05) is 0 Å². The molecule has 0 N–H and O–H groups in total. The monoisotopic (exact) mass is 276 g/mol. The van der Waals surface area contributed by atoms with Gasteiger partial charge in [-0.05, 0) is 43.2 Å². The molecular formula is C17H21ClO. The van der Waals surface area contributed by atoms with Crippen LogP contribution in [0.25, 0.3) is 0 Å². The summed E-state index contributed by atoms with van der Waals surface area (Å²) >= 11 is 6.32. The standard InChI is InChI=1S/C17H21ClO/c18-15-7-3-1-5-13(11-15)12-17-16-8-4-2-6-14(16)9-10-19-17/h2,4,6,8,11,15,17H,1,3,5,7,9-10,12H2. The molecular weight excluding hydrogens is 256 g/mol. The second-order valence-corrected chi connectivity index (χ2v) is 6.16. The molecule has 0 saturated heterocycles. The molecule has 0 fully saturated rings. The Hall–Kier alpha value is -0.790. The first-order valence-electron chi connectivity index (χ1n) is 7.36. The van der Waals surface area contributed by atoms with Crippen LogP contribution in [-0.4, -0.2) is 12.0 Å². The molecule has 102 valence electrons. The number of allylic oxidation sites excluding steroid dienone is 1. The van der Waals surface area contributed by atoms with Gasteiger partial charge in [-0.2, -0.15) is 0 Å². The van der Waals surface area contributed by atoms with Gasteiger partial charge in [0.05, 0.1) is 18.1 Å². The summed E-state index contributed by atoms with van der Waals surface area (Å²) in [7, 11) is 0. The predicted octanol–water partition coefficient (Wildman–Crippen LogP) is 4.80. The fourth-order valence-corrected chi connectivity index (χ4v) is 3.50. The predicted molar refractivity (Wildman–Crippen MR) is 79.6 cm³/mol. The summed E-state index contributed by atoms with van der Waals surface area (Å²) < 4.78 is 6.00. The lowest BCUT2D eigenvalue weighted by molar-refractivity contribution is 0.0422. The van der Waals surface area contributed by atoms with Gasteiger partial charge in [-0.1, -0.05) is 42.3 Å². The van der Waals surface area contributed by atoms with E-state index in [0.717, 1.165) is 25.9 Å². The smallest absolute Gasteiger partial charge is 0.0864 e. The molecule has 0 radical (unpaired) electrons. The highest BCUT2D eigenvalue weighted by molar-refractivity contribution is 6.21. The minimum Gasteiger partial charge on any atom is -0.373 e. The zero-order valence-corrected chi connectivity index (χ0v) is 12.0. The molecule has 2 unspecified atom stereocenters. The Bertz CT molecular complexity index is 466. The van der Waals surface area contributed by atoms with Gasteiger partial charge >= 0.3 is 0 Å². The lowest BCUT2D eigenvalue weighted by atomic mass is 9.92. The molecule has 1 heterocycles. The molecule has 1 aromatic carbocycles. The number of hydrogen-bond acceptors (Lipinski definition) is 1. The van der Waals surface area contributed by atoms with E-state index in [-0.39, 0.29) is 11.5 Å². The molecule has 0 amide bonds. The zero-order chi connectivity index (χ0) is 13.1. The Balaban J connectivity index is 1.77. The second-order valence-electron chi connectivity index (χ2n) is 5.60. The average Bonchev–Trinajstić information content (AvgIpc) is 2.63. The molecule has 1 aliphatic carbocycles. The third kappa shape index (κ3) is 3.21. The molecule has 0 aromatic heterocycles. The fourth-order valence-electron chi connectivity index (χ4n) is 3.17. The van der Waals surface area contributed by atoms with Crippen molar-refractivity contribution in [2.75, 3.05) is 6.61 Å². The summed E-state index contributed by atoms with van der Waals surface area (Å²) in [5.74, 6) is 0. The third-order valence-electron chi connectivity index (χ3n) is 4.18. The summed E-state index contributed by atoms with van der Waals surface area (Å²) in [4.78, 5) is 0. The van der Waals surface area contributed by atoms with Crippen molar-refractivity contribution in [2.45, 2.75) is 50.0 Å². The van der Waals surface area contributed by atoms with Crippen LogP contribution in [-0.2, 0) is 11.2 Å². The molecule has 2 heteroatoms. The molecule has 3 rings (SSSR count). The van der Waals surface area contributed by atoms with Crippen LogP contribution in [0.3, 0.4) is 0 Å². The van der Waals surface area contributed by atoms with Crippen LogP contribution in [0, 0.1) is 0 Å². The van der Waals surface area contributed by atoms with Gasteiger partial charge in [-0.25, -0.2) is 0 Å². The maximum Gasteiger partial charge on any atom is 0.0864 e. The summed E-state index contributed by atoms with van der Waals surface area (Å²) in [6.07, 6.45) is 9.38. The molecule has 0 bridgehead atoms. The largest absolute Gasteiger partial charge is 0.373 e. The first-order valence-corrected chi connectivity index (χ1v) is 7.79. The van der Waals surface area contributed by atoms with E-state index in [1.165, 1.54) is 36.0 Å². The number of hydrogen-bond donors (Lipinski definition) is 0. The molecule has 1 nitrogen and oxygen atoms in total. The minimum absolute atomic E-state index is 0.219. The summed E-state index contributed by atoms with van der Waals surface area (Å²) in [5.41, 5.74) is 4.32. The van der Waals surface area contributed by atoms with E-state index in [1.807, 2.05) is 0 Å². The molecule has 1 aromatic rings. The fraction of sp³-hybridized carbons (Fsp3) is 0.529. The van der Waals surface area contributed by atoms with E-state index in [1.54, 1.807) is 0 Å². The summed E-state index contributed by atoms with van der Waals surface area (Å²) in [5, 5.41) is 0.219. The van der Waals surface area contributed by atoms with E-state index in [9.17, 15) is 0 Å². The van der Waals surface area contributed by atoms with Crippen LogP contribution in [0.15, 0.2) is 35.9 Å². The molecule has 19 heavy (non-hydrogen) atoms. The first-order chi connectivity index (χ1) is 9.33. The van der Waals surface area contributed by atoms with Crippen molar-refractivity contribution in [3.8, 4) is 0 Å². The van der Waals surface area contributed by atoms with E-state index in [2.05, 4.69) is 30.3 Å². The van der Waals surface area contributed by atoms with E-state index < -0.39 is 0 Å². The summed E-state index contributed by atoms with van der Waals surface area (Å²) in [6, 6.07) is 8.69. The van der Waals surface area contributed by atoms with Gasteiger partial charge < -0.3 is 4.74 Å². The van der Waals surface area contributed by atoms with Gasteiger partial charge in [0.2, 0.25) is 0 Å². The SMILES string of the molecule is ClC1C=C(CC2OCCc3ccccc32)CCCC1. The van der Waals surface area contributed by atoms with Crippen LogP contribution in [0.1, 0.15) is 49.3 Å². The highest BCUT2D eigenvalue weighted by Gasteiger charge is 2.22. The van der Waals surface area contributed by atoms with Crippen LogP contribution in [0.2, 0.25) is 0 Å². The second kappa shape index (κ2) is 6.11. The van der Waals surface area contributed by atoms with E-state index in [0.29, 0.717) is 0 Å². The van der Waals surface area contributed by atoms with Crippen LogP contribution in [0.4, 0.5) is 0 Å². The Kier molecular flexibility index (Phi) is 4.24. The van der Waals surface area contributed by atoms with Crippen LogP contribution in [0.5, 0.6) is 0 Å². The Morgan fingerprint density at radius 1 is 1.16 bits per heavy atom. The van der Waals surface area contributed by atoms with E-state index >= 15 is 0 Å². The van der Waals surface area contributed by atoms with Gasteiger partial charge in [0.25, 0.3) is 0 Å². The lowest BCUT2D eigenvalue weighted by Gasteiger charge is -2.27. The molecule has 0 saturated carbocycles. The van der Waals surface area contributed by atoms with Crippen molar-refractivity contribution in [2.24, 2.45) is 0 Å². The quantitative estimate of drug-likeness (QED) is 0.557. The first kappa shape index (κ1) is 13.2. The maximum absolute atomic E-state index is 6.32. The van der Waals surface area contributed by atoms with Crippen molar-refractivity contribution < 1.29 is 4.74 Å². The van der Waals surface area contributed by atoms with Crippen molar-refractivity contribution in [1.29, 1.82) is 0 Å². The van der Waals surface area contributed by atoms with Gasteiger partial charge in [-0.15, -0.1) is 11.6 Å². The maximum atomic E-state index is 6.32. The van der Waals surface area contributed by atoms with Crippen molar-refractivity contribution in [1.82, 2.24) is 0 Å². The number of ether oxygens (including phenoxy) is 1. The topological polar surface area (TPSA) is 9.23 Å². The van der Waals surface area contributed by atoms with Crippen molar-refractivity contribution in [3.05, 3.63) is 47.0 Å². The number of halogens is 1. The van der Waals surface area contributed by atoms with Crippen LogP contribution < -0.4 is 0 Å². The van der Waals surface area contributed by atoms with E-state index in [4.69, 9.17) is 16.3 Å². The van der Waals surface area contributed by atoms with Gasteiger partial charge in [-0.3, -0.25) is 0 Å². The lowest BCUT2D eigenvalue weighted by Crippen LogP contribution is -2.16. The number of fused-ring (bicyclic) bond motifs is 1. The molecule has 1 aliphatic heterocycles. The summed E-state index contributed by atoms with van der Waals surface area (Å²) in [6.45, 7) is 0.846. The van der Waals surface area contributed by atoms with Gasteiger partial charge in [0.1, 0.15) is 0 Å².